The van der Waals surface area contributed by atoms with E-state index in [1.165, 1.54) is 11.5 Å². The highest BCUT2D eigenvalue weighted by Gasteiger charge is 1.97. The molecule has 0 amide bonds. The molecule has 0 spiro atoms. The lowest BCUT2D eigenvalue weighted by Crippen LogP contribution is -2.08. The molecule has 3 N–H and O–H groups in total. The van der Waals surface area contributed by atoms with Crippen LogP contribution in [0.2, 0.25) is 0 Å². The van der Waals surface area contributed by atoms with Crippen molar-refractivity contribution in [2.24, 2.45) is 5.73 Å². The van der Waals surface area contributed by atoms with Gasteiger partial charge in [-0.05, 0) is 24.4 Å². The SMILES string of the molecule is N=C(N)CCCCSc1ncns1. The van der Waals surface area contributed by atoms with E-state index in [4.69, 9.17) is 11.1 Å². The number of nitrogens with zero attached hydrogens (tertiary/aromatic N) is 2. The highest BCUT2D eigenvalue weighted by molar-refractivity contribution is 8.00. The zero-order valence-electron chi connectivity index (χ0n) is 7.19. The van der Waals surface area contributed by atoms with Crippen LogP contribution >= 0.6 is 23.3 Å². The molecule has 0 fully saturated rings. The number of amidine groups is 1. The molecule has 0 bridgehead atoms. The van der Waals surface area contributed by atoms with Gasteiger partial charge in [0.1, 0.15) is 6.33 Å². The molecular weight excluding hydrogens is 204 g/mol. The molecule has 4 nitrogen and oxygen atoms in total. The van der Waals surface area contributed by atoms with Gasteiger partial charge in [0.05, 0.1) is 5.84 Å². The van der Waals surface area contributed by atoms with Gasteiger partial charge in [-0.15, -0.1) is 0 Å². The Balaban J connectivity index is 1.99. The second-order valence-electron chi connectivity index (χ2n) is 2.54. The van der Waals surface area contributed by atoms with Crippen LogP contribution in [0, 0.1) is 5.41 Å². The summed E-state index contributed by atoms with van der Waals surface area (Å²) in [6, 6.07) is 0. The molecule has 0 radical (unpaired) electrons. The van der Waals surface area contributed by atoms with Crippen molar-refractivity contribution < 1.29 is 0 Å². The minimum atomic E-state index is 0.279. The van der Waals surface area contributed by atoms with E-state index in [0.717, 1.165) is 22.9 Å². The van der Waals surface area contributed by atoms with Crippen LogP contribution < -0.4 is 5.73 Å². The van der Waals surface area contributed by atoms with Gasteiger partial charge in [-0.1, -0.05) is 11.8 Å². The normalized spacial score (nSPS) is 10.2. The van der Waals surface area contributed by atoms with E-state index in [1.807, 2.05) is 0 Å². The van der Waals surface area contributed by atoms with E-state index < -0.39 is 0 Å². The fourth-order valence-electron chi connectivity index (χ4n) is 0.804. The highest BCUT2D eigenvalue weighted by Crippen LogP contribution is 2.19. The number of hydrogen-bond acceptors (Lipinski definition) is 5. The van der Waals surface area contributed by atoms with E-state index in [-0.39, 0.29) is 5.84 Å². The standard InChI is InChI=1S/C7H12N4S2/c8-6(9)3-1-2-4-12-7-10-5-11-13-7/h5H,1-4H2,(H3,8,9). The second-order valence-corrected chi connectivity index (χ2v) is 4.66. The Hall–Kier alpha value is -0.620. The summed E-state index contributed by atoms with van der Waals surface area (Å²) in [6.45, 7) is 0. The summed E-state index contributed by atoms with van der Waals surface area (Å²) in [5.41, 5.74) is 5.23. The van der Waals surface area contributed by atoms with Crippen LogP contribution in [0.5, 0.6) is 0 Å². The van der Waals surface area contributed by atoms with Crippen molar-refractivity contribution in [1.82, 2.24) is 9.36 Å². The molecule has 0 saturated heterocycles. The minimum absolute atomic E-state index is 0.279. The fourth-order valence-corrected chi connectivity index (χ4v) is 2.32. The lowest BCUT2D eigenvalue weighted by atomic mass is 10.2. The third-order valence-corrected chi connectivity index (χ3v) is 3.29. The Morgan fingerprint density at radius 3 is 3.08 bits per heavy atom. The summed E-state index contributed by atoms with van der Waals surface area (Å²) in [4.78, 5) is 4.05. The molecule has 0 aliphatic carbocycles. The topological polar surface area (TPSA) is 75.7 Å². The van der Waals surface area contributed by atoms with Crippen molar-refractivity contribution in [1.29, 1.82) is 5.41 Å². The molecule has 1 heterocycles. The molecule has 0 saturated carbocycles. The number of nitrogens with two attached hydrogens (primary N) is 1. The van der Waals surface area contributed by atoms with E-state index in [0.29, 0.717) is 6.42 Å². The van der Waals surface area contributed by atoms with Gasteiger partial charge in [0.2, 0.25) is 0 Å². The number of aromatic nitrogens is 2. The molecular formula is C7H12N4S2. The van der Waals surface area contributed by atoms with Gasteiger partial charge in [-0.3, -0.25) is 5.41 Å². The van der Waals surface area contributed by atoms with Gasteiger partial charge < -0.3 is 5.73 Å². The molecule has 0 aromatic carbocycles. The molecule has 13 heavy (non-hydrogen) atoms. The maximum absolute atomic E-state index is 7.02. The minimum Gasteiger partial charge on any atom is -0.388 e. The third-order valence-electron chi connectivity index (χ3n) is 1.41. The number of rotatable bonds is 6. The van der Waals surface area contributed by atoms with Crippen LogP contribution in [0.25, 0.3) is 0 Å². The largest absolute Gasteiger partial charge is 0.388 e. The first-order valence-corrected chi connectivity index (χ1v) is 5.77. The zero-order valence-corrected chi connectivity index (χ0v) is 8.83. The smallest absolute Gasteiger partial charge is 0.169 e. The van der Waals surface area contributed by atoms with E-state index in [2.05, 4.69) is 9.36 Å². The monoisotopic (exact) mass is 216 g/mol. The van der Waals surface area contributed by atoms with Gasteiger partial charge in [-0.25, -0.2) is 4.98 Å². The Bertz CT molecular complexity index is 247. The lowest BCUT2D eigenvalue weighted by Gasteiger charge is -1.97. The molecule has 6 heteroatoms. The maximum atomic E-state index is 7.02. The Labute approximate surface area is 85.6 Å². The number of thioether (sulfide) groups is 1. The van der Waals surface area contributed by atoms with Gasteiger partial charge in [0, 0.05) is 12.2 Å². The average molecular weight is 216 g/mol. The van der Waals surface area contributed by atoms with Crippen LogP contribution in [0.1, 0.15) is 19.3 Å². The molecule has 1 aromatic heterocycles. The van der Waals surface area contributed by atoms with Crippen molar-refractivity contribution in [3.05, 3.63) is 6.33 Å². The summed E-state index contributed by atoms with van der Waals surface area (Å²) in [6.07, 6.45) is 4.34. The number of nitrogens with one attached hydrogen (secondary N) is 1. The summed E-state index contributed by atoms with van der Waals surface area (Å²) in [5.74, 6) is 1.31. The quantitative estimate of drug-likeness (QED) is 0.329. The number of unbranched alkanes of at least 4 members (excludes halogenated alkanes) is 1. The predicted octanol–water partition coefficient (Wildman–Crippen LogP) is 1.74. The molecule has 0 aliphatic heterocycles. The first kappa shape index (κ1) is 10.5. The van der Waals surface area contributed by atoms with Gasteiger partial charge in [0.25, 0.3) is 0 Å². The predicted molar refractivity (Wildman–Crippen MR) is 56.4 cm³/mol. The molecule has 0 unspecified atom stereocenters. The van der Waals surface area contributed by atoms with Gasteiger partial charge in [-0.2, -0.15) is 4.37 Å². The van der Waals surface area contributed by atoms with Crippen molar-refractivity contribution in [3.63, 3.8) is 0 Å². The summed E-state index contributed by atoms with van der Waals surface area (Å²) in [5, 5.41) is 7.02. The van der Waals surface area contributed by atoms with Gasteiger partial charge >= 0.3 is 0 Å². The third kappa shape index (κ3) is 4.84. The second kappa shape index (κ2) is 5.93. The lowest BCUT2D eigenvalue weighted by molar-refractivity contribution is 0.836. The van der Waals surface area contributed by atoms with Crippen molar-refractivity contribution >= 4 is 29.1 Å². The summed E-state index contributed by atoms with van der Waals surface area (Å²) >= 11 is 3.13. The van der Waals surface area contributed by atoms with Crippen LogP contribution in [-0.4, -0.2) is 20.9 Å². The van der Waals surface area contributed by atoms with Crippen LogP contribution in [-0.2, 0) is 0 Å². The van der Waals surface area contributed by atoms with Crippen LogP contribution in [0.15, 0.2) is 10.7 Å². The van der Waals surface area contributed by atoms with Gasteiger partial charge in [0.15, 0.2) is 4.34 Å². The summed E-state index contributed by atoms with van der Waals surface area (Å²) < 4.78 is 4.92. The molecule has 72 valence electrons. The Kier molecular flexibility index (Phi) is 4.77. The van der Waals surface area contributed by atoms with Crippen LogP contribution in [0.3, 0.4) is 0 Å². The zero-order chi connectivity index (χ0) is 9.52. The first-order valence-electron chi connectivity index (χ1n) is 4.01. The van der Waals surface area contributed by atoms with E-state index in [1.54, 1.807) is 18.1 Å². The maximum Gasteiger partial charge on any atom is 0.169 e. The number of hydrogen-bond donors (Lipinski definition) is 2. The fraction of sp³-hybridized carbons (Fsp3) is 0.571. The highest BCUT2D eigenvalue weighted by atomic mass is 32.2. The molecule has 1 aromatic rings. The van der Waals surface area contributed by atoms with Crippen molar-refractivity contribution in [3.8, 4) is 0 Å². The average Bonchev–Trinajstić information content (AvgIpc) is 2.55. The first-order chi connectivity index (χ1) is 6.29. The summed E-state index contributed by atoms with van der Waals surface area (Å²) in [7, 11) is 0. The Morgan fingerprint density at radius 1 is 1.62 bits per heavy atom. The van der Waals surface area contributed by atoms with Crippen LogP contribution in [0.4, 0.5) is 0 Å². The van der Waals surface area contributed by atoms with E-state index >= 15 is 0 Å². The Morgan fingerprint density at radius 2 is 2.46 bits per heavy atom. The van der Waals surface area contributed by atoms with E-state index in [9.17, 15) is 0 Å². The molecule has 0 aliphatic rings. The molecule has 0 atom stereocenters. The van der Waals surface area contributed by atoms with Crippen molar-refractivity contribution in [2.75, 3.05) is 5.75 Å². The molecule has 1 rings (SSSR count). The van der Waals surface area contributed by atoms with Crippen molar-refractivity contribution in [2.45, 2.75) is 23.6 Å².